The fourth-order valence-electron chi connectivity index (χ4n) is 0.0962. The van der Waals surface area contributed by atoms with Crippen molar-refractivity contribution in [3.05, 3.63) is 0 Å². The standard InChI is InChI=1S/C4H10O2.3ClH.Nd/c1-4(5-2)6-3;;;;/h4H,1-3H3;3*1H;/q;;;;+3/p-3. The van der Waals surface area contributed by atoms with Crippen molar-refractivity contribution in [3.63, 3.8) is 0 Å². The van der Waals surface area contributed by atoms with E-state index in [1.54, 1.807) is 14.2 Å². The molecule has 0 aliphatic carbocycles. The van der Waals surface area contributed by atoms with Gasteiger partial charge in [0.15, 0.2) is 6.29 Å². The van der Waals surface area contributed by atoms with Gasteiger partial charge in [-0.1, -0.05) is 0 Å². The Morgan fingerprint density at radius 1 is 0.900 bits per heavy atom. The third-order valence-corrected chi connectivity index (χ3v) is 0.664. The first-order valence-electron chi connectivity index (χ1n) is 1.87. The minimum absolute atomic E-state index is 0. The molecule has 0 aliphatic rings. The van der Waals surface area contributed by atoms with Crippen LogP contribution in [0.2, 0.25) is 0 Å². The van der Waals surface area contributed by atoms with Gasteiger partial charge in [0, 0.05) is 14.2 Å². The second-order valence-corrected chi connectivity index (χ2v) is 1.04. The Morgan fingerprint density at radius 3 is 1.10 bits per heavy atom. The molecule has 0 spiro atoms. The quantitative estimate of drug-likeness (QED) is 0.465. The molecule has 0 fully saturated rings. The van der Waals surface area contributed by atoms with Crippen molar-refractivity contribution < 1.29 is 87.5 Å². The van der Waals surface area contributed by atoms with Crippen LogP contribution >= 0.6 is 0 Å². The minimum atomic E-state index is -0.0648. The van der Waals surface area contributed by atoms with E-state index in [9.17, 15) is 0 Å². The Balaban J connectivity index is -0.0000000208. The normalized spacial score (nSPS) is 6.00. The van der Waals surface area contributed by atoms with E-state index in [1.165, 1.54) is 0 Å². The minimum Gasteiger partial charge on any atom is -1.00 e. The first-order chi connectivity index (χ1) is 2.81. The van der Waals surface area contributed by atoms with Gasteiger partial charge in [-0.2, -0.15) is 0 Å². The molecule has 0 saturated heterocycles. The van der Waals surface area contributed by atoms with E-state index in [2.05, 4.69) is 9.47 Å². The van der Waals surface area contributed by atoms with Crippen molar-refractivity contribution >= 4 is 0 Å². The molecule has 0 aromatic rings. The first-order valence-corrected chi connectivity index (χ1v) is 1.87. The largest absolute Gasteiger partial charge is 3.00 e. The van der Waals surface area contributed by atoms with E-state index >= 15 is 0 Å². The predicted molar refractivity (Wildman–Crippen MR) is 23.5 cm³/mol. The Kier molecular flexibility index (Phi) is 66.4. The zero-order chi connectivity index (χ0) is 4.99. The molecule has 0 saturated carbocycles. The summed E-state index contributed by atoms with van der Waals surface area (Å²) in [5, 5.41) is 0. The van der Waals surface area contributed by atoms with Gasteiger partial charge in [-0.3, -0.25) is 0 Å². The van der Waals surface area contributed by atoms with Gasteiger partial charge in [0.2, 0.25) is 0 Å². The van der Waals surface area contributed by atoms with E-state index in [0.717, 1.165) is 0 Å². The molecule has 0 aromatic heterocycles. The van der Waals surface area contributed by atoms with Crippen LogP contribution in [0, 0.1) is 40.8 Å². The van der Waals surface area contributed by atoms with Crippen LogP contribution in [0.3, 0.4) is 0 Å². The summed E-state index contributed by atoms with van der Waals surface area (Å²) in [5.41, 5.74) is 0. The predicted octanol–water partition coefficient (Wildman–Crippen LogP) is -8.36. The zero-order valence-electron chi connectivity index (χ0n) is 6.03. The summed E-state index contributed by atoms with van der Waals surface area (Å²) in [7, 11) is 3.21. The van der Waals surface area contributed by atoms with Crippen molar-refractivity contribution in [2.45, 2.75) is 13.2 Å². The Hall–Kier alpha value is 2.14. The number of rotatable bonds is 2. The summed E-state index contributed by atoms with van der Waals surface area (Å²) in [6, 6.07) is 0. The summed E-state index contributed by atoms with van der Waals surface area (Å²) in [6.45, 7) is 1.83. The molecule has 0 bridgehead atoms. The van der Waals surface area contributed by atoms with Gasteiger partial charge < -0.3 is 46.7 Å². The first kappa shape index (κ1) is 29.6. The number of hydrogen-bond donors (Lipinski definition) is 0. The smallest absolute Gasteiger partial charge is 1.00 e. The maximum atomic E-state index is 4.68. The van der Waals surface area contributed by atoms with Gasteiger partial charge >= 0.3 is 40.8 Å². The second kappa shape index (κ2) is 22.5. The monoisotopic (exact) mass is 337 g/mol. The molecule has 0 amide bonds. The van der Waals surface area contributed by atoms with Crippen LogP contribution in [0.4, 0.5) is 0 Å². The van der Waals surface area contributed by atoms with Crippen molar-refractivity contribution in [1.29, 1.82) is 0 Å². The van der Waals surface area contributed by atoms with Gasteiger partial charge in [0.1, 0.15) is 0 Å². The van der Waals surface area contributed by atoms with Gasteiger partial charge in [-0.15, -0.1) is 0 Å². The molecule has 10 heavy (non-hydrogen) atoms. The third-order valence-electron chi connectivity index (χ3n) is 0.664. The molecule has 0 rings (SSSR count). The van der Waals surface area contributed by atoms with Crippen LogP contribution in [-0.4, -0.2) is 20.5 Å². The maximum absolute atomic E-state index is 4.68. The molecule has 6 heteroatoms. The molecule has 0 aromatic carbocycles. The molecule has 0 atom stereocenters. The van der Waals surface area contributed by atoms with Crippen LogP contribution < -0.4 is 37.2 Å². The molecular formula is C4H10Cl3NdO2. The van der Waals surface area contributed by atoms with Crippen LogP contribution in [0.25, 0.3) is 0 Å². The molecule has 0 unspecified atom stereocenters. The average Bonchev–Trinajstić information content (AvgIpc) is 1.65. The number of halogens is 3. The van der Waals surface area contributed by atoms with E-state index in [4.69, 9.17) is 0 Å². The van der Waals surface area contributed by atoms with Gasteiger partial charge in [-0.25, -0.2) is 0 Å². The topological polar surface area (TPSA) is 18.5 Å². The fourth-order valence-corrected chi connectivity index (χ4v) is 0.0962. The van der Waals surface area contributed by atoms with Crippen LogP contribution in [0.15, 0.2) is 0 Å². The Labute approximate surface area is 114 Å². The molecule has 63 valence electrons. The van der Waals surface area contributed by atoms with Crippen LogP contribution in [0.5, 0.6) is 0 Å². The molecule has 0 heterocycles. The third kappa shape index (κ3) is 22.5. The van der Waals surface area contributed by atoms with E-state index < -0.39 is 0 Å². The molecular weight excluding hydrogens is 331 g/mol. The van der Waals surface area contributed by atoms with Crippen molar-refractivity contribution in [1.82, 2.24) is 0 Å². The molecule has 1 radical (unpaired) electrons. The zero-order valence-corrected chi connectivity index (χ0v) is 11.5. The van der Waals surface area contributed by atoms with E-state index in [1.807, 2.05) is 6.92 Å². The SMILES string of the molecule is COC(C)OC.[Cl-].[Cl-].[Cl-].[Nd+3]. The number of ether oxygens (including phenoxy) is 2. The molecule has 0 aliphatic heterocycles. The fraction of sp³-hybridized carbons (Fsp3) is 1.00. The second-order valence-electron chi connectivity index (χ2n) is 1.04. The van der Waals surface area contributed by atoms with Crippen molar-refractivity contribution in [2.24, 2.45) is 0 Å². The Bertz CT molecular complexity index is 37.7. The summed E-state index contributed by atoms with van der Waals surface area (Å²) in [5.74, 6) is 0. The maximum Gasteiger partial charge on any atom is 3.00 e. The number of methoxy groups -OCH3 is 2. The van der Waals surface area contributed by atoms with Crippen molar-refractivity contribution in [3.8, 4) is 0 Å². The summed E-state index contributed by atoms with van der Waals surface area (Å²) in [4.78, 5) is 0. The molecule has 0 N–H and O–H groups in total. The summed E-state index contributed by atoms with van der Waals surface area (Å²) < 4.78 is 9.35. The van der Waals surface area contributed by atoms with Crippen LogP contribution in [-0.2, 0) is 9.47 Å². The van der Waals surface area contributed by atoms with Crippen molar-refractivity contribution in [2.75, 3.05) is 14.2 Å². The summed E-state index contributed by atoms with van der Waals surface area (Å²) >= 11 is 0. The molecule has 2 nitrogen and oxygen atoms in total. The van der Waals surface area contributed by atoms with Gasteiger partial charge in [-0.05, 0) is 6.92 Å². The van der Waals surface area contributed by atoms with E-state index in [0.29, 0.717) is 0 Å². The van der Waals surface area contributed by atoms with Crippen LogP contribution in [0.1, 0.15) is 6.92 Å². The van der Waals surface area contributed by atoms with E-state index in [-0.39, 0.29) is 84.3 Å². The van der Waals surface area contributed by atoms with Gasteiger partial charge in [0.25, 0.3) is 0 Å². The summed E-state index contributed by atoms with van der Waals surface area (Å²) in [6.07, 6.45) is -0.0648. The van der Waals surface area contributed by atoms with Gasteiger partial charge in [0.05, 0.1) is 0 Å². The Morgan fingerprint density at radius 2 is 1.10 bits per heavy atom. The average molecular weight is 341 g/mol. The number of hydrogen-bond acceptors (Lipinski definition) is 2.